The molecule has 2 N–H and O–H groups in total. The van der Waals surface area contributed by atoms with Gasteiger partial charge in [-0.25, -0.2) is 0 Å². The average Bonchev–Trinajstić information content (AvgIpc) is 2.34. The summed E-state index contributed by atoms with van der Waals surface area (Å²) in [6, 6.07) is 6.89. The van der Waals surface area contributed by atoms with Gasteiger partial charge in [0.15, 0.2) is 0 Å². The second-order valence-electron chi connectivity index (χ2n) is 3.67. The predicted octanol–water partition coefficient (Wildman–Crippen LogP) is 1.67. The van der Waals surface area contributed by atoms with Crippen molar-refractivity contribution in [3.05, 3.63) is 34.3 Å². The molecule has 0 aliphatic carbocycles. The molecule has 18 heavy (non-hydrogen) atoms. The van der Waals surface area contributed by atoms with Gasteiger partial charge in [-0.3, -0.25) is 9.59 Å². The van der Waals surface area contributed by atoms with Crippen molar-refractivity contribution in [2.24, 2.45) is 0 Å². The highest BCUT2D eigenvalue weighted by Crippen LogP contribution is 2.10. The van der Waals surface area contributed by atoms with Crippen LogP contribution in [0.4, 0.5) is 0 Å². The fourth-order valence-electron chi connectivity index (χ4n) is 1.34. The number of carbonyl (C=O) groups is 2. The van der Waals surface area contributed by atoms with E-state index in [1.54, 1.807) is 24.3 Å². The summed E-state index contributed by atoms with van der Waals surface area (Å²) in [5.41, 5.74) is 0.517. The van der Waals surface area contributed by atoms with E-state index in [9.17, 15) is 9.59 Å². The van der Waals surface area contributed by atoms with Crippen LogP contribution in [0.3, 0.4) is 0 Å². The Bertz CT molecular complexity index is 419. The van der Waals surface area contributed by atoms with Crippen LogP contribution in [0.1, 0.15) is 16.8 Å². The molecule has 1 atom stereocenters. The number of hydrogen-bond donors (Lipinski definition) is 2. The Hall–Kier alpha value is -1.40. The molecule has 0 saturated heterocycles. The summed E-state index contributed by atoms with van der Waals surface area (Å²) in [4.78, 5) is 22.3. The molecule has 1 amide bonds. The molecule has 0 aliphatic rings. The SMILES string of the molecule is COC(CNC(=O)c1ccc(Br)cc1)CC(=O)O. The van der Waals surface area contributed by atoms with Gasteiger partial charge in [-0.2, -0.15) is 0 Å². The van der Waals surface area contributed by atoms with Gasteiger partial charge in [0.2, 0.25) is 0 Å². The molecule has 0 heterocycles. The summed E-state index contributed by atoms with van der Waals surface area (Å²) in [5.74, 6) is -1.21. The van der Waals surface area contributed by atoms with Gasteiger partial charge >= 0.3 is 5.97 Å². The largest absolute Gasteiger partial charge is 0.481 e. The third-order valence-electron chi connectivity index (χ3n) is 2.33. The molecule has 1 aromatic rings. The van der Waals surface area contributed by atoms with Crippen molar-refractivity contribution in [1.82, 2.24) is 5.32 Å². The first-order chi connectivity index (χ1) is 8.52. The van der Waals surface area contributed by atoms with E-state index in [-0.39, 0.29) is 18.9 Å². The molecule has 1 aromatic carbocycles. The van der Waals surface area contributed by atoms with E-state index in [0.29, 0.717) is 5.56 Å². The highest BCUT2D eigenvalue weighted by atomic mass is 79.9. The Labute approximate surface area is 113 Å². The maximum absolute atomic E-state index is 11.7. The van der Waals surface area contributed by atoms with Crippen LogP contribution in [0.2, 0.25) is 0 Å². The van der Waals surface area contributed by atoms with Crippen LogP contribution in [-0.4, -0.2) is 36.7 Å². The van der Waals surface area contributed by atoms with Gasteiger partial charge in [0, 0.05) is 23.7 Å². The topological polar surface area (TPSA) is 75.6 Å². The summed E-state index contributed by atoms with van der Waals surface area (Å²) >= 11 is 3.28. The molecule has 0 fully saturated rings. The van der Waals surface area contributed by atoms with E-state index in [1.165, 1.54) is 7.11 Å². The first-order valence-corrected chi connectivity index (χ1v) is 6.10. The number of methoxy groups -OCH3 is 1. The van der Waals surface area contributed by atoms with E-state index in [0.717, 1.165) is 4.47 Å². The summed E-state index contributed by atoms with van der Waals surface area (Å²) < 4.78 is 5.85. The minimum atomic E-state index is -0.959. The maximum atomic E-state index is 11.7. The molecule has 0 bridgehead atoms. The van der Waals surface area contributed by atoms with E-state index in [2.05, 4.69) is 21.2 Å². The fourth-order valence-corrected chi connectivity index (χ4v) is 1.61. The number of rotatable bonds is 6. The van der Waals surface area contributed by atoms with Gasteiger partial charge in [0.05, 0.1) is 12.5 Å². The number of ether oxygens (including phenoxy) is 1. The number of halogens is 1. The second-order valence-corrected chi connectivity index (χ2v) is 4.59. The van der Waals surface area contributed by atoms with Gasteiger partial charge in [-0.1, -0.05) is 15.9 Å². The van der Waals surface area contributed by atoms with Crippen molar-refractivity contribution in [3.8, 4) is 0 Å². The van der Waals surface area contributed by atoms with Crippen molar-refractivity contribution in [2.45, 2.75) is 12.5 Å². The van der Waals surface area contributed by atoms with Crippen molar-refractivity contribution in [1.29, 1.82) is 0 Å². The summed E-state index contributed by atoms with van der Waals surface area (Å²) in [6.45, 7) is 0.164. The van der Waals surface area contributed by atoms with Gasteiger partial charge in [-0.05, 0) is 24.3 Å². The Balaban J connectivity index is 2.49. The normalized spacial score (nSPS) is 11.9. The molecular formula is C12H14BrNO4. The van der Waals surface area contributed by atoms with Crippen LogP contribution in [-0.2, 0) is 9.53 Å². The molecule has 0 spiro atoms. The van der Waals surface area contributed by atoms with Crippen molar-refractivity contribution in [3.63, 3.8) is 0 Å². The van der Waals surface area contributed by atoms with Gasteiger partial charge < -0.3 is 15.2 Å². The van der Waals surface area contributed by atoms with Crippen molar-refractivity contribution >= 4 is 27.8 Å². The first-order valence-electron chi connectivity index (χ1n) is 5.31. The molecule has 1 unspecified atom stereocenters. The van der Waals surface area contributed by atoms with Crippen LogP contribution in [0.25, 0.3) is 0 Å². The Morgan fingerprint density at radius 2 is 2.00 bits per heavy atom. The minimum absolute atomic E-state index is 0.142. The molecule has 0 radical (unpaired) electrons. The molecule has 98 valence electrons. The highest BCUT2D eigenvalue weighted by molar-refractivity contribution is 9.10. The monoisotopic (exact) mass is 315 g/mol. The fraction of sp³-hybridized carbons (Fsp3) is 0.333. The Morgan fingerprint density at radius 3 is 2.50 bits per heavy atom. The molecule has 5 nitrogen and oxygen atoms in total. The predicted molar refractivity (Wildman–Crippen MR) is 69.5 cm³/mol. The van der Waals surface area contributed by atoms with Crippen LogP contribution in [0.15, 0.2) is 28.7 Å². The Kier molecular flexibility index (Phi) is 5.80. The average molecular weight is 316 g/mol. The third kappa shape index (κ3) is 4.85. The smallest absolute Gasteiger partial charge is 0.306 e. The Morgan fingerprint density at radius 1 is 1.39 bits per heavy atom. The zero-order chi connectivity index (χ0) is 13.5. The van der Waals surface area contributed by atoms with Crippen molar-refractivity contribution < 1.29 is 19.4 Å². The van der Waals surface area contributed by atoms with Crippen LogP contribution >= 0.6 is 15.9 Å². The molecule has 6 heteroatoms. The lowest BCUT2D eigenvalue weighted by molar-refractivity contribution is -0.139. The van der Waals surface area contributed by atoms with E-state index < -0.39 is 12.1 Å². The van der Waals surface area contributed by atoms with E-state index in [1.807, 2.05) is 0 Å². The van der Waals surface area contributed by atoms with Gasteiger partial charge in [-0.15, -0.1) is 0 Å². The molecule has 0 aliphatic heterocycles. The number of nitrogens with one attached hydrogen (secondary N) is 1. The standard InChI is InChI=1S/C12H14BrNO4/c1-18-10(6-11(15)16)7-14-12(17)8-2-4-9(13)5-3-8/h2-5,10H,6-7H2,1H3,(H,14,17)(H,15,16). The van der Waals surface area contributed by atoms with Crippen molar-refractivity contribution in [2.75, 3.05) is 13.7 Å². The lowest BCUT2D eigenvalue weighted by Gasteiger charge is -2.13. The number of benzene rings is 1. The quantitative estimate of drug-likeness (QED) is 0.837. The molecule has 1 rings (SSSR count). The maximum Gasteiger partial charge on any atom is 0.306 e. The summed E-state index contributed by atoms with van der Waals surface area (Å²) in [6.07, 6.45) is -0.668. The number of amides is 1. The number of carboxylic acid groups (broad SMARTS) is 1. The van der Waals surface area contributed by atoms with E-state index >= 15 is 0 Å². The third-order valence-corrected chi connectivity index (χ3v) is 2.86. The lowest BCUT2D eigenvalue weighted by Crippen LogP contribution is -2.34. The zero-order valence-electron chi connectivity index (χ0n) is 9.85. The summed E-state index contributed by atoms with van der Waals surface area (Å²) in [5, 5.41) is 11.3. The highest BCUT2D eigenvalue weighted by Gasteiger charge is 2.14. The number of carbonyl (C=O) groups excluding carboxylic acids is 1. The zero-order valence-corrected chi connectivity index (χ0v) is 11.4. The van der Waals surface area contributed by atoms with Gasteiger partial charge in [0.1, 0.15) is 0 Å². The number of hydrogen-bond acceptors (Lipinski definition) is 3. The van der Waals surface area contributed by atoms with E-state index in [4.69, 9.17) is 9.84 Å². The number of aliphatic carboxylic acids is 1. The number of carboxylic acids is 1. The minimum Gasteiger partial charge on any atom is -0.481 e. The second kappa shape index (κ2) is 7.13. The molecule has 0 saturated carbocycles. The lowest BCUT2D eigenvalue weighted by atomic mass is 10.2. The van der Waals surface area contributed by atoms with Crippen LogP contribution in [0.5, 0.6) is 0 Å². The first kappa shape index (κ1) is 14.7. The van der Waals surface area contributed by atoms with Gasteiger partial charge in [0.25, 0.3) is 5.91 Å². The molecular weight excluding hydrogens is 302 g/mol. The molecule has 0 aromatic heterocycles. The van der Waals surface area contributed by atoms with Crippen LogP contribution < -0.4 is 5.32 Å². The van der Waals surface area contributed by atoms with Crippen LogP contribution in [0, 0.1) is 0 Å². The summed E-state index contributed by atoms with van der Waals surface area (Å²) in [7, 11) is 1.42.